The summed E-state index contributed by atoms with van der Waals surface area (Å²) in [6.07, 6.45) is 1.45. The van der Waals surface area contributed by atoms with Gasteiger partial charge in [0.05, 0.1) is 14.2 Å². The molecule has 2 rings (SSSR count). The molecule has 1 aliphatic heterocycles. The van der Waals surface area contributed by atoms with E-state index < -0.39 is 0 Å². The summed E-state index contributed by atoms with van der Waals surface area (Å²) in [6, 6.07) is 5.22. The molecule has 24 heavy (non-hydrogen) atoms. The molecule has 0 saturated carbocycles. The average molecular weight is 336 g/mol. The molecule has 1 heterocycles. The van der Waals surface area contributed by atoms with Crippen LogP contribution in [0.15, 0.2) is 18.2 Å². The number of rotatable bonds is 6. The number of hydrogen-bond acceptors (Lipinski definition) is 5. The van der Waals surface area contributed by atoms with Crippen LogP contribution in [0.5, 0.6) is 11.5 Å². The molecule has 1 aliphatic rings. The highest BCUT2D eigenvalue weighted by Crippen LogP contribution is 2.24. The molecule has 0 aromatic heterocycles. The third kappa shape index (κ3) is 4.61. The minimum absolute atomic E-state index is 0.0583. The van der Waals surface area contributed by atoms with E-state index in [1.165, 1.54) is 7.11 Å². The number of piperidine rings is 1. The zero-order chi connectivity index (χ0) is 17.5. The van der Waals surface area contributed by atoms with Gasteiger partial charge in [-0.2, -0.15) is 0 Å². The number of hydrogen-bond donors (Lipinski definition) is 1. The number of benzene rings is 1. The molecule has 1 aromatic rings. The highest BCUT2D eigenvalue weighted by Gasteiger charge is 2.25. The second-order valence-electron chi connectivity index (χ2n) is 5.67. The summed E-state index contributed by atoms with van der Waals surface area (Å²) in [7, 11) is 4.59. The molecular formula is C17H24N2O5. The third-order valence-electron chi connectivity index (χ3n) is 4.02. The van der Waals surface area contributed by atoms with Crippen molar-refractivity contribution in [3.05, 3.63) is 23.8 Å². The van der Waals surface area contributed by atoms with E-state index in [2.05, 4.69) is 5.32 Å². The van der Waals surface area contributed by atoms with Crippen molar-refractivity contribution in [2.75, 3.05) is 41.0 Å². The van der Waals surface area contributed by atoms with E-state index in [4.69, 9.17) is 14.2 Å². The summed E-state index contributed by atoms with van der Waals surface area (Å²) in [6.45, 7) is 1.25. The first-order valence-corrected chi connectivity index (χ1v) is 7.88. The molecule has 0 spiro atoms. The highest BCUT2D eigenvalue weighted by molar-refractivity contribution is 5.95. The lowest BCUT2D eigenvalue weighted by atomic mass is 10.0. The molecule has 0 aliphatic carbocycles. The van der Waals surface area contributed by atoms with E-state index in [0.29, 0.717) is 30.2 Å². The predicted molar refractivity (Wildman–Crippen MR) is 88.5 cm³/mol. The Morgan fingerprint density at radius 3 is 2.17 bits per heavy atom. The van der Waals surface area contributed by atoms with Gasteiger partial charge < -0.3 is 24.4 Å². The maximum Gasteiger partial charge on any atom is 0.254 e. The minimum Gasteiger partial charge on any atom is -0.497 e. The molecule has 1 aromatic carbocycles. The lowest BCUT2D eigenvalue weighted by molar-refractivity contribution is -0.125. The van der Waals surface area contributed by atoms with Crippen LogP contribution in [-0.2, 0) is 9.53 Å². The first kappa shape index (κ1) is 18.1. The number of carbonyl (C=O) groups excluding carboxylic acids is 2. The van der Waals surface area contributed by atoms with E-state index in [0.717, 1.165) is 12.8 Å². The van der Waals surface area contributed by atoms with Gasteiger partial charge in [0.15, 0.2) is 0 Å². The Balaban J connectivity index is 1.96. The molecule has 7 nitrogen and oxygen atoms in total. The van der Waals surface area contributed by atoms with Gasteiger partial charge in [-0.15, -0.1) is 0 Å². The van der Waals surface area contributed by atoms with Crippen LogP contribution in [-0.4, -0.2) is 63.8 Å². The topological polar surface area (TPSA) is 77.1 Å². The van der Waals surface area contributed by atoms with Gasteiger partial charge in [-0.05, 0) is 25.0 Å². The highest BCUT2D eigenvalue weighted by atomic mass is 16.5. The Labute approximate surface area is 141 Å². The summed E-state index contributed by atoms with van der Waals surface area (Å²) < 4.78 is 15.2. The van der Waals surface area contributed by atoms with Crippen LogP contribution in [0.4, 0.5) is 0 Å². The quantitative estimate of drug-likeness (QED) is 0.841. The zero-order valence-electron chi connectivity index (χ0n) is 14.3. The first-order valence-electron chi connectivity index (χ1n) is 7.88. The fourth-order valence-corrected chi connectivity index (χ4v) is 2.74. The molecule has 0 atom stereocenters. The van der Waals surface area contributed by atoms with Crippen molar-refractivity contribution in [1.29, 1.82) is 0 Å². The van der Waals surface area contributed by atoms with Crippen molar-refractivity contribution in [1.82, 2.24) is 10.2 Å². The van der Waals surface area contributed by atoms with Crippen molar-refractivity contribution < 1.29 is 23.8 Å². The van der Waals surface area contributed by atoms with Crippen molar-refractivity contribution in [2.45, 2.75) is 18.9 Å². The van der Waals surface area contributed by atoms with E-state index in [9.17, 15) is 9.59 Å². The largest absolute Gasteiger partial charge is 0.497 e. The number of likely N-dealkylation sites (tertiary alicyclic amines) is 1. The summed E-state index contributed by atoms with van der Waals surface area (Å²) in [5.41, 5.74) is 0.535. The van der Waals surface area contributed by atoms with Gasteiger partial charge >= 0.3 is 0 Å². The summed E-state index contributed by atoms with van der Waals surface area (Å²) >= 11 is 0. The maximum absolute atomic E-state index is 12.7. The number of methoxy groups -OCH3 is 3. The standard InChI is InChI=1S/C17H24N2O5/c1-22-11-16(20)18-13-4-6-19(7-5-13)17(21)12-8-14(23-2)10-15(9-12)24-3/h8-10,13H,4-7,11H2,1-3H3,(H,18,20). The molecular weight excluding hydrogens is 312 g/mol. The Kier molecular flexibility index (Phi) is 6.43. The van der Waals surface area contributed by atoms with Crippen LogP contribution in [0.1, 0.15) is 23.2 Å². The second-order valence-corrected chi connectivity index (χ2v) is 5.67. The van der Waals surface area contributed by atoms with E-state index in [-0.39, 0.29) is 24.5 Å². The van der Waals surface area contributed by atoms with Gasteiger partial charge in [0.1, 0.15) is 18.1 Å². The van der Waals surface area contributed by atoms with Gasteiger partial charge in [0, 0.05) is 37.9 Å². The Morgan fingerprint density at radius 2 is 1.67 bits per heavy atom. The van der Waals surface area contributed by atoms with E-state index in [1.54, 1.807) is 37.3 Å². The molecule has 0 radical (unpaired) electrons. The van der Waals surface area contributed by atoms with Crippen molar-refractivity contribution in [3.8, 4) is 11.5 Å². The van der Waals surface area contributed by atoms with Gasteiger partial charge in [-0.1, -0.05) is 0 Å². The van der Waals surface area contributed by atoms with Crippen molar-refractivity contribution >= 4 is 11.8 Å². The Hall–Kier alpha value is -2.28. The maximum atomic E-state index is 12.7. The van der Waals surface area contributed by atoms with Crippen LogP contribution in [0.25, 0.3) is 0 Å². The summed E-state index contributed by atoms with van der Waals surface area (Å²) in [5, 5.41) is 2.91. The van der Waals surface area contributed by atoms with E-state index >= 15 is 0 Å². The van der Waals surface area contributed by atoms with Crippen molar-refractivity contribution in [3.63, 3.8) is 0 Å². The number of ether oxygens (including phenoxy) is 3. The molecule has 7 heteroatoms. The predicted octanol–water partition coefficient (Wildman–Crippen LogP) is 1.07. The average Bonchev–Trinajstić information content (AvgIpc) is 2.61. The number of nitrogens with zero attached hydrogens (tertiary/aromatic N) is 1. The fourth-order valence-electron chi connectivity index (χ4n) is 2.74. The number of amides is 2. The van der Waals surface area contributed by atoms with Crippen LogP contribution in [0, 0.1) is 0 Å². The van der Waals surface area contributed by atoms with Gasteiger partial charge in [-0.3, -0.25) is 9.59 Å². The van der Waals surface area contributed by atoms with Crippen molar-refractivity contribution in [2.24, 2.45) is 0 Å². The van der Waals surface area contributed by atoms with Crippen LogP contribution >= 0.6 is 0 Å². The molecule has 1 saturated heterocycles. The summed E-state index contributed by atoms with van der Waals surface area (Å²) in [5.74, 6) is 0.979. The van der Waals surface area contributed by atoms with Crippen LogP contribution < -0.4 is 14.8 Å². The molecule has 0 unspecified atom stereocenters. The minimum atomic E-state index is -0.125. The molecule has 0 bridgehead atoms. The number of nitrogens with one attached hydrogen (secondary N) is 1. The lowest BCUT2D eigenvalue weighted by Crippen LogP contribution is -2.47. The van der Waals surface area contributed by atoms with Gasteiger partial charge in [0.25, 0.3) is 5.91 Å². The van der Waals surface area contributed by atoms with Gasteiger partial charge in [-0.25, -0.2) is 0 Å². The zero-order valence-corrected chi connectivity index (χ0v) is 14.3. The molecule has 1 fully saturated rings. The molecule has 132 valence electrons. The molecule has 1 N–H and O–H groups in total. The normalized spacial score (nSPS) is 15.0. The van der Waals surface area contributed by atoms with Crippen LogP contribution in [0.2, 0.25) is 0 Å². The second kappa shape index (κ2) is 8.54. The number of carbonyl (C=O) groups is 2. The van der Waals surface area contributed by atoms with Gasteiger partial charge in [0.2, 0.25) is 5.91 Å². The monoisotopic (exact) mass is 336 g/mol. The SMILES string of the molecule is COCC(=O)NC1CCN(C(=O)c2cc(OC)cc(OC)c2)CC1. The Morgan fingerprint density at radius 1 is 1.08 bits per heavy atom. The third-order valence-corrected chi connectivity index (χ3v) is 4.02. The first-order chi connectivity index (χ1) is 11.6. The van der Waals surface area contributed by atoms with E-state index in [1.807, 2.05) is 0 Å². The smallest absolute Gasteiger partial charge is 0.254 e. The lowest BCUT2D eigenvalue weighted by Gasteiger charge is -2.32. The fraction of sp³-hybridized carbons (Fsp3) is 0.529. The summed E-state index contributed by atoms with van der Waals surface area (Å²) in [4.78, 5) is 26.0. The molecule has 2 amide bonds. The van der Waals surface area contributed by atoms with Crippen LogP contribution in [0.3, 0.4) is 0 Å². The Bertz CT molecular complexity index is 560.